The number of Topliss-reactive ketones (excluding diaryl/α,β-unsaturated/α-hetero) is 1. The van der Waals surface area contributed by atoms with Crippen molar-refractivity contribution in [3.63, 3.8) is 0 Å². The molecule has 0 aromatic heterocycles. The third-order valence-corrected chi connectivity index (χ3v) is 2.21. The molecule has 0 aliphatic carbocycles. The number of nitrogens with two attached hydrogens (primary N) is 1. The number of carbonyl (C=O) groups excluding carboxylic acids is 1. The number of carbonyl (C=O) groups is 1. The second-order valence-corrected chi connectivity index (χ2v) is 3.51. The van der Waals surface area contributed by atoms with Crippen LogP contribution in [0.1, 0.15) is 25.3 Å². The molecule has 2 N–H and O–H groups in total. The fourth-order valence-electron chi connectivity index (χ4n) is 1.41. The van der Waals surface area contributed by atoms with Gasteiger partial charge in [-0.05, 0) is 18.4 Å². The normalized spacial score (nSPS) is 11.6. The molecule has 3 heteroatoms. The Morgan fingerprint density at radius 1 is 1.33 bits per heavy atom. The van der Waals surface area contributed by atoms with Crippen LogP contribution in [0, 0.1) is 0 Å². The molecule has 0 heterocycles. The van der Waals surface area contributed by atoms with Crippen molar-refractivity contribution in [2.24, 2.45) is 5.73 Å². The predicted molar refractivity (Wildman–Crippen MR) is 65.3 cm³/mol. The Kier molecular flexibility index (Phi) is 7.01. The van der Waals surface area contributed by atoms with E-state index in [0.717, 1.165) is 12.0 Å². The molecule has 1 aromatic rings. The van der Waals surface area contributed by atoms with E-state index in [1.54, 1.807) is 0 Å². The number of hydrogen-bond donors (Lipinski definition) is 1. The smallest absolute Gasteiger partial charge is 0.149 e. The third kappa shape index (κ3) is 4.96. The van der Waals surface area contributed by atoms with Gasteiger partial charge in [-0.2, -0.15) is 0 Å². The average molecular weight is 228 g/mol. The molecule has 0 amide bonds. The molecule has 1 rings (SSSR count). The fourth-order valence-corrected chi connectivity index (χ4v) is 1.41. The molecule has 1 unspecified atom stereocenters. The van der Waals surface area contributed by atoms with Crippen LogP contribution in [-0.4, -0.2) is 11.8 Å². The Morgan fingerprint density at radius 3 is 2.47 bits per heavy atom. The van der Waals surface area contributed by atoms with Crippen LogP contribution in [0.4, 0.5) is 0 Å². The van der Waals surface area contributed by atoms with Gasteiger partial charge in [0.15, 0.2) is 0 Å². The Bertz CT molecular complexity index is 287. The molecule has 0 aliphatic rings. The number of hydrogen-bond acceptors (Lipinski definition) is 2. The van der Waals surface area contributed by atoms with E-state index in [1.165, 1.54) is 0 Å². The maximum Gasteiger partial charge on any atom is 0.149 e. The summed E-state index contributed by atoms with van der Waals surface area (Å²) in [5.74, 6) is 0.163. The van der Waals surface area contributed by atoms with Gasteiger partial charge in [-0.15, -0.1) is 12.4 Å². The quantitative estimate of drug-likeness (QED) is 0.839. The van der Waals surface area contributed by atoms with Crippen LogP contribution in [0.25, 0.3) is 0 Å². The summed E-state index contributed by atoms with van der Waals surface area (Å²) < 4.78 is 0. The van der Waals surface area contributed by atoms with Crippen LogP contribution in [-0.2, 0) is 11.2 Å². The van der Waals surface area contributed by atoms with Crippen molar-refractivity contribution in [2.75, 3.05) is 0 Å². The molecule has 84 valence electrons. The van der Waals surface area contributed by atoms with E-state index in [4.69, 9.17) is 5.73 Å². The number of rotatable bonds is 5. The molecule has 0 saturated carbocycles. The lowest BCUT2D eigenvalue weighted by Crippen LogP contribution is -2.32. The lowest BCUT2D eigenvalue weighted by Gasteiger charge is -2.09. The molecule has 0 fully saturated rings. The summed E-state index contributed by atoms with van der Waals surface area (Å²) in [5, 5.41) is 0. The second kappa shape index (κ2) is 7.43. The highest BCUT2D eigenvalue weighted by Gasteiger charge is 2.12. The number of benzene rings is 1. The summed E-state index contributed by atoms with van der Waals surface area (Å²) >= 11 is 0. The highest BCUT2D eigenvalue weighted by atomic mass is 35.5. The highest BCUT2D eigenvalue weighted by molar-refractivity contribution is 5.85. The van der Waals surface area contributed by atoms with E-state index in [-0.39, 0.29) is 24.2 Å². The van der Waals surface area contributed by atoms with Gasteiger partial charge >= 0.3 is 0 Å². The zero-order valence-corrected chi connectivity index (χ0v) is 9.80. The SMILES string of the molecule is CCCC(=O)C(N)Cc1ccccc1.Cl. The molecule has 15 heavy (non-hydrogen) atoms. The second-order valence-electron chi connectivity index (χ2n) is 3.51. The molecular weight excluding hydrogens is 210 g/mol. The van der Waals surface area contributed by atoms with Gasteiger partial charge in [-0.1, -0.05) is 37.3 Å². The molecule has 2 nitrogen and oxygen atoms in total. The minimum Gasteiger partial charge on any atom is -0.321 e. The first kappa shape index (κ1) is 14.1. The van der Waals surface area contributed by atoms with Crippen molar-refractivity contribution in [3.8, 4) is 0 Å². The zero-order valence-electron chi connectivity index (χ0n) is 8.98. The molecule has 0 spiro atoms. The fraction of sp³-hybridized carbons (Fsp3) is 0.417. The lowest BCUT2D eigenvalue weighted by molar-refractivity contribution is -0.120. The summed E-state index contributed by atoms with van der Waals surface area (Å²) in [7, 11) is 0. The number of ketones is 1. The minimum absolute atomic E-state index is 0. The Morgan fingerprint density at radius 2 is 1.93 bits per heavy atom. The van der Waals surface area contributed by atoms with Crippen LogP contribution < -0.4 is 5.73 Å². The van der Waals surface area contributed by atoms with Gasteiger partial charge in [0, 0.05) is 6.42 Å². The molecule has 0 bridgehead atoms. The van der Waals surface area contributed by atoms with E-state index in [0.29, 0.717) is 12.8 Å². The van der Waals surface area contributed by atoms with E-state index in [9.17, 15) is 4.79 Å². The topological polar surface area (TPSA) is 43.1 Å². The Labute approximate surface area is 97.3 Å². The van der Waals surface area contributed by atoms with Gasteiger partial charge < -0.3 is 5.73 Å². The van der Waals surface area contributed by atoms with Crippen LogP contribution in [0.3, 0.4) is 0 Å². The van der Waals surface area contributed by atoms with Gasteiger partial charge in [0.1, 0.15) is 5.78 Å². The van der Waals surface area contributed by atoms with Crippen LogP contribution in [0.15, 0.2) is 30.3 Å². The predicted octanol–water partition coefficient (Wildman–Crippen LogP) is 2.35. The van der Waals surface area contributed by atoms with Crippen molar-refractivity contribution in [1.82, 2.24) is 0 Å². The molecule has 1 atom stereocenters. The summed E-state index contributed by atoms with van der Waals surface area (Å²) in [4.78, 5) is 11.4. The summed E-state index contributed by atoms with van der Waals surface area (Å²) in [5.41, 5.74) is 6.91. The van der Waals surface area contributed by atoms with E-state index >= 15 is 0 Å². The maximum absolute atomic E-state index is 11.4. The van der Waals surface area contributed by atoms with Crippen LogP contribution in [0.2, 0.25) is 0 Å². The van der Waals surface area contributed by atoms with Gasteiger partial charge in [0.25, 0.3) is 0 Å². The van der Waals surface area contributed by atoms with Crippen molar-refractivity contribution in [3.05, 3.63) is 35.9 Å². The van der Waals surface area contributed by atoms with Gasteiger partial charge in [0.05, 0.1) is 6.04 Å². The van der Waals surface area contributed by atoms with Gasteiger partial charge in [0.2, 0.25) is 0 Å². The highest BCUT2D eigenvalue weighted by Crippen LogP contribution is 2.04. The van der Waals surface area contributed by atoms with Crippen LogP contribution in [0.5, 0.6) is 0 Å². The van der Waals surface area contributed by atoms with Crippen molar-refractivity contribution in [1.29, 1.82) is 0 Å². The van der Waals surface area contributed by atoms with Crippen molar-refractivity contribution >= 4 is 18.2 Å². The first-order valence-corrected chi connectivity index (χ1v) is 5.06. The van der Waals surface area contributed by atoms with Gasteiger partial charge in [-0.3, -0.25) is 4.79 Å². The monoisotopic (exact) mass is 227 g/mol. The third-order valence-electron chi connectivity index (χ3n) is 2.21. The molecule has 0 radical (unpaired) electrons. The average Bonchev–Trinajstić information content (AvgIpc) is 2.19. The summed E-state index contributed by atoms with van der Waals surface area (Å²) in [6.07, 6.45) is 2.12. The van der Waals surface area contributed by atoms with Crippen molar-refractivity contribution in [2.45, 2.75) is 32.2 Å². The Balaban J connectivity index is 0.00000196. The summed E-state index contributed by atoms with van der Waals surface area (Å²) in [6, 6.07) is 9.55. The maximum atomic E-state index is 11.4. The standard InChI is InChI=1S/C12H17NO.ClH/c1-2-6-12(14)11(13)9-10-7-4-3-5-8-10;/h3-5,7-8,11H,2,6,9,13H2,1H3;1H. The summed E-state index contributed by atoms with van der Waals surface area (Å²) in [6.45, 7) is 1.99. The first-order valence-electron chi connectivity index (χ1n) is 5.06. The van der Waals surface area contributed by atoms with E-state index in [2.05, 4.69) is 0 Å². The van der Waals surface area contributed by atoms with E-state index < -0.39 is 0 Å². The Hall–Kier alpha value is -0.860. The molecule has 0 aliphatic heterocycles. The van der Waals surface area contributed by atoms with Crippen LogP contribution >= 0.6 is 12.4 Å². The molecular formula is C12H18ClNO. The largest absolute Gasteiger partial charge is 0.321 e. The zero-order chi connectivity index (χ0) is 10.4. The first-order chi connectivity index (χ1) is 6.74. The van der Waals surface area contributed by atoms with E-state index in [1.807, 2.05) is 37.3 Å². The minimum atomic E-state index is -0.336. The lowest BCUT2D eigenvalue weighted by atomic mass is 10.0. The van der Waals surface area contributed by atoms with Gasteiger partial charge in [-0.25, -0.2) is 0 Å². The molecule has 0 saturated heterocycles. The molecule has 1 aromatic carbocycles. The number of halogens is 1. The van der Waals surface area contributed by atoms with Crippen molar-refractivity contribution < 1.29 is 4.79 Å².